The van der Waals surface area contributed by atoms with E-state index in [2.05, 4.69) is 20.5 Å². The first kappa shape index (κ1) is 17.4. The lowest BCUT2D eigenvalue weighted by molar-refractivity contribution is -0.117. The lowest BCUT2D eigenvalue weighted by Gasteiger charge is -2.33. The van der Waals surface area contributed by atoms with Crippen molar-refractivity contribution in [2.45, 2.75) is 25.6 Å². The Morgan fingerprint density at radius 2 is 2.07 bits per heavy atom. The van der Waals surface area contributed by atoms with Crippen molar-refractivity contribution in [3.05, 3.63) is 58.4 Å². The van der Waals surface area contributed by atoms with Crippen LogP contribution < -0.4 is 15.8 Å². The summed E-state index contributed by atoms with van der Waals surface area (Å²) in [6.45, 7) is 0.464. The zero-order chi connectivity index (χ0) is 20.0. The van der Waals surface area contributed by atoms with E-state index in [1.54, 1.807) is 36.4 Å². The summed E-state index contributed by atoms with van der Waals surface area (Å²) in [5.41, 5.74) is 1.86. The van der Waals surface area contributed by atoms with E-state index < -0.39 is 5.97 Å². The number of carbonyl (C=O) groups excluding carboxylic acids is 2. The van der Waals surface area contributed by atoms with E-state index in [-0.39, 0.29) is 29.8 Å². The highest BCUT2D eigenvalue weighted by atomic mass is 16.5. The summed E-state index contributed by atoms with van der Waals surface area (Å²) in [7, 11) is 0. The first-order valence-electron chi connectivity index (χ1n) is 9.33. The third-order valence-corrected chi connectivity index (χ3v) is 5.30. The molecule has 3 heterocycles. The summed E-state index contributed by atoms with van der Waals surface area (Å²) in [6, 6.07) is 11.7. The summed E-state index contributed by atoms with van der Waals surface area (Å²) in [4.78, 5) is 39.2. The average molecular weight is 391 g/mol. The van der Waals surface area contributed by atoms with Gasteiger partial charge in [0.2, 0.25) is 5.91 Å². The number of anilines is 2. The molecular formula is C20H17N5O4. The molecule has 0 bridgehead atoms. The minimum Gasteiger partial charge on any atom is -0.439 e. The molecule has 1 saturated heterocycles. The smallest absolute Gasteiger partial charge is 0.339 e. The van der Waals surface area contributed by atoms with E-state index in [1.807, 2.05) is 6.07 Å². The number of nitrogens with one attached hydrogen (secondary N) is 1. The number of fused-ring (bicyclic) bond motifs is 4. The highest BCUT2D eigenvalue weighted by molar-refractivity contribution is 6.05. The minimum atomic E-state index is -0.618. The summed E-state index contributed by atoms with van der Waals surface area (Å²) in [6.07, 6.45) is 1.79. The molecule has 1 N–H and O–H groups in total. The second kappa shape index (κ2) is 6.69. The number of hydrogen-bond donors (Lipinski definition) is 1. The van der Waals surface area contributed by atoms with Gasteiger partial charge in [0.25, 0.3) is 5.56 Å². The molecular weight excluding hydrogens is 374 g/mol. The molecule has 9 heteroatoms. The number of ether oxygens (including phenoxy) is 1. The SMILES string of the molecule is O=C(OCn1nnc2ccccc2c1=O)c1ccc2c(c1)NC(=O)[C@@H]1CCCN21. The molecule has 2 aliphatic heterocycles. The Morgan fingerprint density at radius 1 is 1.21 bits per heavy atom. The molecule has 0 spiro atoms. The number of amides is 1. The molecule has 146 valence electrons. The largest absolute Gasteiger partial charge is 0.439 e. The fourth-order valence-corrected chi connectivity index (χ4v) is 3.87. The van der Waals surface area contributed by atoms with Crippen LogP contribution in [-0.2, 0) is 16.3 Å². The van der Waals surface area contributed by atoms with Gasteiger partial charge in [0.15, 0.2) is 6.73 Å². The van der Waals surface area contributed by atoms with Crippen LogP contribution in [0.5, 0.6) is 0 Å². The van der Waals surface area contributed by atoms with Gasteiger partial charge in [0, 0.05) is 6.54 Å². The third-order valence-electron chi connectivity index (χ3n) is 5.30. The number of carbonyl (C=O) groups is 2. The summed E-state index contributed by atoms with van der Waals surface area (Å²) in [5.74, 6) is -0.675. The van der Waals surface area contributed by atoms with Gasteiger partial charge in [-0.25, -0.2) is 4.79 Å². The fraction of sp³-hybridized carbons (Fsp3) is 0.250. The number of nitrogens with zero attached hydrogens (tertiary/aromatic N) is 4. The third kappa shape index (κ3) is 2.91. The van der Waals surface area contributed by atoms with Gasteiger partial charge in [-0.1, -0.05) is 17.3 Å². The highest BCUT2D eigenvalue weighted by Gasteiger charge is 2.36. The highest BCUT2D eigenvalue weighted by Crippen LogP contribution is 2.37. The number of rotatable bonds is 3. The van der Waals surface area contributed by atoms with Crippen LogP contribution >= 0.6 is 0 Å². The van der Waals surface area contributed by atoms with Gasteiger partial charge in [0.1, 0.15) is 11.6 Å². The molecule has 9 nitrogen and oxygen atoms in total. The predicted molar refractivity (Wildman–Crippen MR) is 105 cm³/mol. The second-order valence-electron chi connectivity index (χ2n) is 7.04. The van der Waals surface area contributed by atoms with Crippen molar-refractivity contribution < 1.29 is 14.3 Å². The fourth-order valence-electron chi connectivity index (χ4n) is 3.87. The molecule has 0 unspecified atom stereocenters. The molecule has 2 aromatic carbocycles. The Hall–Kier alpha value is -3.75. The maximum absolute atomic E-state index is 12.5. The van der Waals surface area contributed by atoms with Gasteiger partial charge >= 0.3 is 5.97 Å². The zero-order valence-electron chi connectivity index (χ0n) is 15.4. The predicted octanol–water partition coefficient (Wildman–Crippen LogP) is 1.53. The summed E-state index contributed by atoms with van der Waals surface area (Å²) < 4.78 is 6.24. The van der Waals surface area contributed by atoms with Crippen molar-refractivity contribution in [3.8, 4) is 0 Å². The Labute approximate surface area is 164 Å². The topological polar surface area (TPSA) is 106 Å². The van der Waals surface area contributed by atoms with Gasteiger partial charge in [-0.05, 0) is 43.2 Å². The maximum Gasteiger partial charge on any atom is 0.339 e. The van der Waals surface area contributed by atoms with E-state index in [9.17, 15) is 14.4 Å². The first-order valence-corrected chi connectivity index (χ1v) is 9.33. The Kier molecular flexibility index (Phi) is 4.01. The molecule has 2 aliphatic rings. The van der Waals surface area contributed by atoms with Crippen molar-refractivity contribution in [1.82, 2.24) is 15.0 Å². The Balaban J connectivity index is 1.36. The van der Waals surface area contributed by atoms with Crippen LogP contribution in [0.2, 0.25) is 0 Å². The van der Waals surface area contributed by atoms with E-state index in [4.69, 9.17) is 4.74 Å². The first-order chi connectivity index (χ1) is 14.1. The van der Waals surface area contributed by atoms with Crippen molar-refractivity contribution >= 4 is 34.2 Å². The monoisotopic (exact) mass is 391 g/mol. The van der Waals surface area contributed by atoms with Crippen LogP contribution in [0.25, 0.3) is 10.9 Å². The van der Waals surface area contributed by atoms with Gasteiger partial charge in [0.05, 0.1) is 22.3 Å². The Bertz CT molecular complexity index is 1200. The molecule has 1 atom stereocenters. The normalized spacial score (nSPS) is 17.6. The summed E-state index contributed by atoms with van der Waals surface area (Å²) in [5, 5.41) is 11.0. The minimum absolute atomic E-state index is 0.0569. The van der Waals surface area contributed by atoms with E-state index >= 15 is 0 Å². The number of benzene rings is 2. The second-order valence-corrected chi connectivity index (χ2v) is 7.04. The van der Waals surface area contributed by atoms with E-state index in [0.29, 0.717) is 16.6 Å². The molecule has 29 heavy (non-hydrogen) atoms. The van der Waals surface area contributed by atoms with Crippen LogP contribution in [0.1, 0.15) is 23.2 Å². The van der Waals surface area contributed by atoms with Crippen LogP contribution in [-0.4, -0.2) is 39.5 Å². The van der Waals surface area contributed by atoms with Crippen molar-refractivity contribution in [3.63, 3.8) is 0 Å². The van der Waals surface area contributed by atoms with Crippen molar-refractivity contribution in [2.75, 3.05) is 16.8 Å². The molecule has 0 saturated carbocycles. The van der Waals surface area contributed by atoms with Crippen molar-refractivity contribution in [2.24, 2.45) is 0 Å². The number of esters is 1. The standard InChI is InChI=1S/C20H17N5O4/c26-18-17-6-3-9-24(17)16-8-7-12(10-15(16)21-18)20(28)29-11-25-19(27)13-4-1-2-5-14(13)22-23-25/h1-2,4-5,7-8,10,17H,3,6,9,11H2,(H,21,26)/t17-/m0/s1. The molecule has 5 rings (SSSR count). The van der Waals surface area contributed by atoms with Crippen molar-refractivity contribution in [1.29, 1.82) is 0 Å². The van der Waals surface area contributed by atoms with Crippen LogP contribution in [0.3, 0.4) is 0 Å². The van der Waals surface area contributed by atoms with Crippen LogP contribution in [0.15, 0.2) is 47.3 Å². The molecule has 3 aromatic rings. The molecule has 1 amide bonds. The maximum atomic E-state index is 12.5. The molecule has 1 aromatic heterocycles. The molecule has 1 fully saturated rings. The van der Waals surface area contributed by atoms with Crippen LogP contribution in [0.4, 0.5) is 11.4 Å². The van der Waals surface area contributed by atoms with Crippen LogP contribution in [0, 0.1) is 0 Å². The van der Waals surface area contributed by atoms with Gasteiger partial charge in [-0.2, -0.15) is 4.68 Å². The number of aromatic nitrogens is 3. The van der Waals surface area contributed by atoms with E-state index in [0.717, 1.165) is 29.8 Å². The zero-order valence-corrected chi connectivity index (χ0v) is 15.4. The molecule has 0 radical (unpaired) electrons. The summed E-state index contributed by atoms with van der Waals surface area (Å²) >= 11 is 0. The van der Waals surface area contributed by atoms with Gasteiger partial charge < -0.3 is 15.0 Å². The Morgan fingerprint density at radius 3 is 2.97 bits per heavy atom. The van der Waals surface area contributed by atoms with E-state index in [1.165, 1.54) is 0 Å². The lowest BCUT2D eigenvalue weighted by atomic mass is 10.1. The molecule has 0 aliphatic carbocycles. The average Bonchev–Trinajstić information content (AvgIpc) is 3.24. The number of hydrogen-bond acceptors (Lipinski definition) is 7. The van der Waals surface area contributed by atoms with Gasteiger partial charge in [-0.3, -0.25) is 9.59 Å². The van der Waals surface area contributed by atoms with Gasteiger partial charge in [-0.15, -0.1) is 5.10 Å². The lowest BCUT2D eigenvalue weighted by Crippen LogP contribution is -2.43. The quantitative estimate of drug-likeness (QED) is 0.675.